The fraction of sp³-hybridized carbons (Fsp3) is 0.909. The van der Waals surface area contributed by atoms with Crippen LogP contribution >= 0.6 is 0 Å². The van der Waals surface area contributed by atoms with Crippen molar-refractivity contribution >= 4 is 0 Å². The van der Waals surface area contributed by atoms with Gasteiger partial charge in [0.25, 0.3) is 0 Å². The lowest BCUT2D eigenvalue weighted by Crippen LogP contribution is -2.61. The van der Waals surface area contributed by atoms with Gasteiger partial charge in [-0.05, 0) is 27.2 Å². The lowest BCUT2D eigenvalue weighted by atomic mass is 9.96. The molecule has 1 rings (SSSR count). The molecule has 0 aliphatic carbocycles. The number of rotatable bonds is 3. The Bertz CT molecular complexity index is 247. The average Bonchev–Trinajstić information content (AvgIpc) is 2.18. The Morgan fingerprint density at radius 2 is 2.20 bits per heavy atom. The fourth-order valence-electron chi connectivity index (χ4n) is 2.13. The molecule has 1 aliphatic rings. The van der Waals surface area contributed by atoms with Crippen LogP contribution in [0.25, 0.3) is 0 Å². The van der Waals surface area contributed by atoms with Gasteiger partial charge in [0.1, 0.15) is 0 Å². The summed E-state index contributed by atoms with van der Waals surface area (Å²) in [6, 6.07) is 0.279. The van der Waals surface area contributed by atoms with Gasteiger partial charge in [0.05, 0.1) is 0 Å². The molecule has 0 bridgehead atoms. The van der Waals surface area contributed by atoms with Gasteiger partial charge in [-0.25, -0.2) is 0 Å². The normalized spacial score (nSPS) is 26.3. The molecule has 1 saturated heterocycles. The second-order valence-electron chi connectivity index (χ2n) is 4.91. The van der Waals surface area contributed by atoms with Crippen LogP contribution in [0.15, 0.2) is 0 Å². The van der Waals surface area contributed by atoms with Crippen LogP contribution in [0, 0.1) is 11.5 Å². The number of nitriles is 1. The van der Waals surface area contributed by atoms with E-state index in [9.17, 15) is 0 Å². The molecule has 1 heterocycles. The van der Waals surface area contributed by atoms with Crippen LogP contribution in [0.2, 0.25) is 0 Å². The first-order valence-corrected chi connectivity index (χ1v) is 5.53. The van der Waals surface area contributed by atoms with Gasteiger partial charge in [-0.15, -0.1) is 0 Å². The summed E-state index contributed by atoms with van der Waals surface area (Å²) in [5.41, 5.74) is 0.0252. The van der Waals surface area contributed by atoms with Crippen LogP contribution in [0.1, 0.15) is 27.2 Å². The number of hydrogen-bond donors (Lipinski definition) is 1. The summed E-state index contributed by atoms with van der Waals surface area (Å²) in [4.78, 5) is 4.21. The van der Waals surface area contributed by atoms with E-state index >= 15 is 0 Å². The Balaban J connectivity index is 2.63. The van der Waals surface area contributed by atoms with Crippen molar-refractivity contribution in [1.82, 2.24) is 9.80 Å². The zero-order chi connectivity index (χ0) is 11.5. The van der Waals surface area contributed by atoms with E-state index in [2.05, 4.69) is 31.9 Å². The Hall–Kier alpha value is -0.790. The smallest absolute Gasteiger partial charge is 0.179 e. The highest BCUT2D eigenvalue weighted by Gasteiger charge is 2.36. The maximum Gasteiger partial charge on any atom is 0.179 e. The largest absolute Gasteiger partial charge is 0.396 e. The van der Waals surface area contributed by atoms with E-state index in [1.165, 1.54) is 0 Å². The summed E-state index contributed by atoms with van der Waals surface area (Å²) >= 11 is 0. The van der Waals surface area contributed by atoms with Gasteiger partial charge in [-0.2, -0.15) is 5.26 Å². The maximum atomic E-state index is 8.97. The van der Waals surface area contributed by atoms with Gasteiger partial charge in [0.2, 0.25) is 0 Å². The van der Waals surface area contributed by atoms with Crippen LogP contribution in [0.3, 0.4) is 0 Å². The van der Waals surface area contributed by atoms with Gasteiger partial charge in [-0.1, -0.05) is 0 Å². The molecule has 1 aliphatic heterocycles. The number of nitrogens with zero attached hydrogens (tertiary/aromatic N) is 3. The number of aliphatic hydroxyl groups is 1. The number of aliphatic hydroxyl groups excluding tert-OH is 1. The molecule has 0 aromatic carbocycles. The summed E-state index contributed by atoms with van der Waals surface area (Å²) in [5, 5.41) is 17.8. The van der Waals surface area contributed by atoms with E-state index in [-0.39, 0.29) is 18.2 Å². The zero-order valence-electron chi connectivity index (χ0n) is 9.90. The molecular formula is C11H21N3O. The molecule has 0 amide bonds. The Kier molecular flexibility index (Phi) is 3.95. The molecule has 0 aromatic heterocycles. The molecule has 4 nitrogen and oxygen atoms in total. The van der Waals surface area contributed by atoms with Gasteiger partial charge in [0, 0.05) is 37.8 Å². The number of hydrogen-bond acceptors (Lipinski definition) is 4. The molecule has 0 saturated carbocycles. The lowest BCUT2D eigenvalue weighted by molar-refractivity contribution is 0.0115. The third-order valence-corrected chi connectivity index (χ3v) is 3.14. The first kappa shape index (κ1) is 12.3. The molecule has 1 N–H and O–H groups in total. The summed E-state index contributed by atoms with van der Waals surface area (Å²) < 4.78 is 0. The Morgan fingerprint density at radius 1 is 1.53 bits per heavy atom. The third kappa shape index (κ3) is 2.83. The standard InChI is InChI=1S/C11H21N3O/c1-10-7-14(5-4-6-15)11(2,3)8-13(10)9-12/h10,15H,4-8H2,1-3H3. The molecule has 1 fully saturated rings. The minimum absolute atomic E-state index is 0.0252. The molecule has 0 radical (unpaired) electrons. The first-order valence-electron chi connectivity index (χ1n) is 5.53. The molecule has 0 aromatic rings. The fourth-order valence-corrected chi connectivity index (χ4v) is 2.13. The predicted octanol–water partition coefficient (Wildman–Crippen LogP) is 0.635. The minimum atomic E-state index is 0.0252. The van der Waals surface area contributed by atoms with Crippen molar-refractivity contribution < 1.29 is 5.11 Å². The van der Waals surface area contributed by atoms with Crippen LogP contribution in [-0.4, -0.2) is 52.7 Å². The molecular weight excluding hydrogens is 190 g/mol. The van der Waals surface area contributed by atoms with Crippen molar-refractivity contribution in [2.24, 2.45) is 0 Å². The lowest BCUT2D eigenvalue weighted by Gasteiger charge is -2.48. The summed E-state index contributed by atoms with van der Waals surface area (Å²) in [6.07, 6.45) is 3.05. The predicted molar refractivity (Wildman–Crippen MR) is 59.1 cm³/mol. The van der Waals surface area contributed by atoms with E-state index < -0.39 is 0 Å². The third-order valence-electron chi connectivity index (χ3n) is 3.14. The molecule has 0 spiro atoms. The molecule has 15 heavy (non-hydrogen) atoms. The highest BCUT2D eigenvalue weighted by atomic mass is 16.3. The highest BCUT2D eigenvalue weighted by molar-refractivity contribution is 4.97. The monoisotopic (exact) mass is 211 g/mol. The second kappa shape index (κ2) is 4.82. The quantitative estimate of drug-likeness (QED) is 0.696. The maximum absolute atomic E-state index is 8.97. The molecule has 4 heteroatoms. The van der Waals surface area contributed by atoms with Crippen molar-refractivity contribution in [2.75, 3.05) is 26.2 Å². The summed E-state index contributed by atoms with van der Waals surface area (Å²) in [5.74, 6) is 0. The highest BCUT2D eigenvalue weighted by Crippen LogP contribution is 2.23. The second-order valence-corrected chi connectivity index (χ2v) is 4.91. The number of piperazine rings is 1. The van der Waals surface area contributed by atoms with Crippen LogP contribution in [-0.2, 0) is 0 Å². The average molecular weight is 211 g/mol. The van der Waals surface area contributed by atoms with Crippen molar-refractivity contribution in [3.05, 3.63) is 0 Å². The minimum Gasteiger partial charge on any atom is -0.396 e. The Labute approximate surface area is 92.1 Å². The van der Waals surface area contributed by atoms with E-state index in [0.717, 1.165) is 26.1 Å². The van der Waals surface area contributed by atoms with Crippen molar-refractivity contribution in [3.63, 3.8) is 0 Å². The van der Waals surface area contributed by atoms with Crippen LogP contribution in [0.5, 0.6) is 0 Å². The van der Waals surface area contributed by atoms with Gasteiger partial charge in [0.15, 0.2) is 6.19 Å². The molecule has 1 unspecified atom stereocenters. The van der Waals surface area contributed by atoms with E-state index in [4.69, 9.17) is 10.4 Å². The zero-order valence-corrected chi connectivity index (χ0v) is 9.90. The molecule has 1 atom stereocenters. The SMILES string of the molecule is CC1CN(CCCO)C(C)(C)CN1C#N. The van der Waals surface area contributed by atoms with Crippen molar-refractivity contribution in [2.45, 2.75) is 38.8 Å². The summed E-state index contributed by atoms with van der Waals surface area (Å²) in [7, 11) is 0. The molecule has 86 valence electrons. The topological polar surface area (TPSA) is 50.5 Å². The van der Waals surface area contributed by atoms with Crippen molar-refractivity contribution in [1.29, 1.82) is 5.26 Å². The van der Waals surface area contributed by atoms with E-state index in [0.29, 0.717) is 0 Å². The first-order chi connectivity index (χ1) is 7.01. The van der Waals surface area contributed by atoms with Crippen molar-refractivity contribution in [3.8, 4) is 6.19 Å². The van der Waals surface area contributed by atoms with E-state index in [1.54, 1.807) is 0 Å². The summed E-state index contributed by atoms with van der Waals surface area (Å²) in [6.45, 7) is 9.21. The Morgan fingerprint density at radius 3 is 2.73 bits per heavy atom. The van der Waals surface area contributed by atoms with Gasteiger partial charge in [-0.3, -0.25) is 4.90 Å². The van der Waals surface area contributed by atoms with E-state index in [1.807, 2.05) is 4.90 Å². The van der Waals surface area contributed by atoms with Crippen LogP contribution in [0.4, 0.5) is 0 Å². The van der Waals surface area contributed by atoms with Gasteiger partial charge < -0.3 is 10.0 Å². The van der Waals surface area contributed by atoms with Gasteiger partial charge >= 0.3 is 0 Å². The van der Waals surface area contributed by atoms with Crippen LogP contribution < -0.4 is 0 Å².